The van der Waals surface area contributed by atoms with Crippen LogP contribution in [0.1, 0.15) is 6.42 Å². The molecule has 0 spiro atoms. The van der Waals surface area contributed by atoms with E-state index in [4.69, 9.17) is 11.6 Å². The molecule has 1 N–H and O–H groups in total. The fraction of sp³-hybridized carbons (Fsp3) is 0.562. The lowest BCUT2D eigenvalue weighted by molar-refractivity contribution is 0.208. The largest absolute Gasteiger partial charge is 0.368 e. The zero-order valence-corrected chi connectivity index (χ0v) is 13.6. The van der Waals surface area contributed by atoms with Crippen molar-refractivity contribution in [3.63, 3.8) is 0 Å². The minimum Gasteiger partial charge on any atom is -0.368 e. The van der Waals surface area contributed by atoms with Gasteiger partial charge in [0.25, 0.3) is 0 Å². The summed E-state index contributed by atoms with van der Waals surface area (Å²) in [6.45, 7) is 7.67. The van der Waals surface area contributed by atoms with Crippen LogP contribution in [0.25, 0.3) is 0 Å². The van der Waals surface area contributed by atoms with Gasteiger partial charge < -0.3 is 15.1 Å². The number of para-hydroxylation sites is 1. The Bertz CT molecular complexity index is 517. The summed E-state index contributed by atoms with van der Waals surface area (Å²) in [6, 6.07) is 8.13. The zero-order chi connectivity index (χ0) is 15.4. The minimum absolute atomic E-state index is 0.0866. The van der Waals surface area contributed by atoms with Gasteiger partial charge in [-0.25, -0.2) is 4.79 Å². The van der Waals surface area contributed by atoms with Crippen LogP contribution in [0, 0.1) is 0 Å². The van der Waals surface area contributed by atoms with Crippen molar-refractivity contribution in [3.8, 4) is 0 Å². The fourth-order valence-corrected chi connectivity index (χ4v) is 3.39. The predicted octanol–water partition coefficient (Wildman–Crippen LogP) is 1.88. The summed E-state index contributed by atoms with van der Waals surface area (Å²) in [7, 11) is 0. The van der Waals surface area contributed by atoms with Crippen LogP contribution >= 0.6 is 11.6 Å². The monoisotopic (exact) mass is 322 g/mol. The topological polar surface area (TPSA) is 38.8 Å². The molecule has 0 aliphatic carbocycles. The van der Waals surface area contributed by atoms with Gasteiger partial charge in [-0.3, -0.25) is 4.90 Å². The lowest BCUT2D eigenvalue weighted by Gasteiger charge is -2.36. The van der Waals surface area contributed by atoms with Crippen molar-refractivity contribution < 1.29 is 4.79 Å². The molecule has 0 atom stereocenters. The molecule has 0 bridgehead atoms. The van der Waals surface area contributed by atoms with Crippen LogP contribution in [0.3, 0.4) is 0 Å². The second kappa shape index (κ2) is 7.20. The van der Waals surface area contributed by atoms with Crippen LogP contribution in [0.15, 0.2) is 24.3 Å². The quantitative estimate of drug-likeness (QED) is 0.899. The van der Waals surface area contributed by atoms with Gasteiger partial charge in [-0.05, 0) is 25.1 Å². The number of hydrogen-bond acceptors (Lipinski definition) is 3. The van der Waals surface area contributed by atoms with Gasteiger partial charge >= 0.3 is 6.03 Å². The highest BCUT2D eigenvalue weighted by Crippen LogP contribution is 2.25. The molecule has 1 aromatic carbocycles. The molecule has 0 saturated carbocycles. The lowest BCUT2D eigenvalue weighted by atomic mass is 10.2. The van der Waals surface area contributed by atoms with Crippen LogP contribution < -0.4 is 10.2 Å². The van der Waals surface area contributed by atoms with E-state index in [1.54, 1.807) is 0 Å². The zero-order valence-electron chi connectivity index (χ0n) is 12.8. The van der Waals surface area contributed by atoms with Gasteiger partial charge in [0.05, 0.1) is 10.7 Å². The first-order chi connectivity index (χ1) is 10.7. The summed E-state index contributed by atoms with van der Waals surface area (Å²) in [5, 5.41) is 3.67. The molecule has 2 aliphatic heterocycles. The average molecular weight is 323 g/mol. The van der Waals surface area contributed by atoms with Crippen LogP contribution in [-0.4, -0.2) is 68.2 Å². The Morgan fingerprint density at radius 1 is 1.05 bits per heavy atom. The van der Waals surface area contributed by atoms with E-state index < -0.39 is 0 Å². The first-order valence-corrected chi connectivity index (χ1v) is 8.36. The van der Waals surface area contributed by atoms with Crippen LogP contribution in [-0.2, 0) is 0 Å². The van der Waals surface area contributed by atoms with Gasteiger partial charge in [-0.15, -0.1) is 0 Å². The van der Waals surface area contributed by atoms with E-state index >= 15 is 0 Å². The molecule has 0 radical (unpaired) electrons. The Morgan fingerprint density at radius 2 is 1.82 bits per heavy atom. The maximum absolute atomic E-state index is 11.5. The highest BCUT2D eigenvalue weighted by Gasteiger charge is 2.21. The van der Waals surface area contributed by atoms with Crippen molar-refractivity contribution in [1.82, 2.24) is 15.1 Å². The fourth-order valence-electron chi connectivity index (χ4n) is 3.13. The molecule has 2 aliphatic rings. The summed E-state index contributed by atoms with van der Waals surface area (Å²) in [4.78, 5) is 18.2. The Labute approximate surface area is 136 Å². The molecule has 120 valence electrons. The van der Waals surface area contributed by atoms with E-state index in [9.17, 15) is 4.79 Å². The van der Waals surface area contributed by atoms with Gasteiger partial charge in [0.15, 0.2) is 0 Å². The van der Waals surface area contributed by atoms with Gasteiger partial charge in [0, 0.05) is 45.8 Å². The number of hydrogen-bond donors (Lipinski definition) is 1. The standard InChI is InChI=1S/C16H23ClN4O/c17-14-4-1-2-5-15(14)20-12-10-19(11-13-20)7-3-8-21-9-6-18-16(21)22/h1-2,4-5H,3,6-13H2,(H,18,22). The Hall–Kier alpha value is -1.46. The maximum Gasteiger partial charge on any atom is 0.317 e. The molecule has 5 nitrogen and oxygen atoms in total. The van der Waals surface area contributed by atoms with E-state index in [1.165, 1.54) is 0 Å². The third kappa shape index (κ3) is 3.65. The molecule has 22 heavy (non-hydrogen) atoms. The Morgan fingerprint density at radius 3 is 2.50 bits per heavy atom. The first-order valence-electron chi connectivity index (χ1n) is 7.98. The van der Waals surface area contributed by atoms with Crippen molar-refractivity contribution >= 4 is 23.3 Å². The van der Waals surface area contributed by atoms with E-state index in [1.807, 2.05) is 23.1 Å². The molecule has 2 saturated heterocycles. The number of urea groups is 1. The van der Waals surface area contributed by atoms with Gasteiger partial charge in [0.2, 0.25) is 0 Å². The third-order valence-corrected chi connectivity index (χ3v) is 4.73. The van der Waals surface area contributed by atoms with Crippen LogP contribution in [0.5, 0.6) is 0 Å². The SMILES string of the molecule is O=C1NCCN1CCCN1CCN(c2ccccc2Cl)CC1. The van der Waals surface area contributed by atoms with E-state index in [-0.39, 0.29) is 6.03 Å². The number of benzene rings is 1. The van der Waals surface area contributed by atoms with Crippen molar-refractivity contribution in [3.05, 3.63) is 29.3 Å². The molecule has 3 rings (SSSR count). The molecule has 0 unspecified atom stereocenters. The number of nitrogens with one attached hydrogen (secondary N) is 1. The summed E-state index contributed by atoms with van der Waals surface area (Å²) in [5.74, 6) is 0. The molecule has 2 fully saturated rings. The second-order valence-corrected chi connectivity index (χ2v) is 6.26. The molecular formula is C16H23ClN4O. The summed E-state index contributed by atoms with van der Waals surface area (Å²) < 4.78 is 0. The number of piperazine rings is 1. The number of carbonyl (C=O) groups excluding carboxylic acids is 1. The number of carbonyl (C=O) groups is 1. The van der Waals surface area contributed by atoms with Gasteiger partial charge in [0.1, 0.15) is 0 Å². The Kier molecular flexibility index (Phi) is 5.05. The highest BCUT2D eigenvalue weighted by molar-refractivity contribution is 6.33. The van der Waals surface area contributed by atoms with E-state index in [0.717, 1.165) is 69.5 Å². The smallest absolute Gasteiger partial charge is 0.317 e. The van der Waals surface area contributed by atoms with Gasteiger partial charge in [-0.2, -0.15) is 0 Å². The normalized spacial score (nSPS) is 19.6. The lowest BCUT2D eigenvalue weighted by Crippen LogP contribution is -2.47. The molecule has 1 aromatic rings. The van der Waals surface area contributed by atoms with Crippen molar-refractivity contribution in [2.24, 2.45) is 0 Å². The average Bonchev–Trinajstić information content (AvgIpc) is 2.94. The number of rotatable bonds is 5. The number of nitrogens with zero attached hydrogens (tertiary/aromatic N) is 3. The Balaban J connectivity index is 1.40. The van der Waals surface area contributed by atoms with Crippen molar-refractivity contribution in [2.75, 3.05) is 57.3 Å². The summed E-state index contributed by atoms with van der Waals surface area (Å²) in [6.07, 6.45) is 1.04. The van der Waals surface area contributed by atoms with Crippen molar-refractivity contribution in [1.29, 1.82) is 0 Å². The van der Waals surface area contributed by atoms with E-state index in [2.05, 4.69) is 21.2 Å². The number of amides is 2. The number of anilines is 1. The third-order valence-electron chi connectivity index (χ3n) is 4.41. The summed E-state index contributed by atoms with van der Waals surface area (Å²) >= 11 is 6.27. The maximum atomic E-state index is 11.5. The minimum atomic E-state index is 0.0866. The molecule has 0 aromatic heterocycles. The molecule has 6 heteroatoms. The summed E-state index contributed by atoms with van der Waals surface area (Å²) in [5.41, 5.74) is 1.14. The van der Waals surface area contributed by atoms with Crippen LogP contribution in [0.2, 0.25) is 5.02 Å². The van der Waals surface area contributed by atoms with Crippen molar-refractivity contribution in [2.45, 2.75) is 6.42 Å². The predicted molar refractivity (Wildman–Crippen MR) is 89.7 cm³/mol. The van der Waals surface area contributed by atoms with Gasteiger partial charge in [-0.1, -0.05) is 23.7 Å². The highest BCUT2D eigenvalue weighted by atomic mass is 35.5. The number of halogens is 1. The first kappa shape index (κ1) is 15.4. The molecule has 2 heterocycles. The van der Waals surface area contributed by atoms with E-state index in [0.29, 0.717) is 0 Å². The second-order valence-electron chi connectivity index (χ2n) is 5.85. The molecule has 2 amide bonds. The van der Waals surface area contributed by atoms with Crippen LogP contribution in [0.4, 0.5) is 10.5 Å². The molecular weight excluding hydrogens is 300 g/mol.